The third kappa shape index (κ3) is 6.27. The number of carbonyl (C=O) groups is 2. The molecule has 0 spiro atoms. The van der Waals surface area contributed by atoms with Crippen molar-refractivity contribution in [2.75, 3.05) is 37.0 Å². The Morgan fingerprint density at radius 2 is 1.93 bits per heavy atom. The molecule has 7 nitrogen and oxygen atoms in total. The molecule has 162 valence electrons. The van der Waals surface area contributed by atoms with Crippen LogP contribution < -0.4 is 5.32 Å². The van der Waals surface area contributed by atoms with Gasteiger partial charge in [0.2, 0.25) is 11.8 Å². The molecule has 0 aliphatic carbocycles. The molecule has 29 heavy (non-hydrogen) atoms. The number of aryl methyl sites for hydroxylation is 1. The van der Waals surface area contributed by atoms with Crippen molar-refractivity contribution in [1.29, 1.82) is 0 Å². The number of anilines is 1. The van der Waals surface area contributed by atoms with Gasteiger partial charge in [0.1, 0.15) is 0 Å². The molecule has 2 amide bonds. The molecule has 1 aromatic rings. The number of nitrogens with zero attached hydrogens (tertiary/aromatic N) is 2. The second-order valence-corrected chi connectivity index (χ2v) is 10.3. The molecule has 1 aliphatic heterocycles. The van der Waals surface area contributed by atoms with Crippen molar-refractivity contribution in [2.45, 2.75) is 52.6 Å². The van der Waals surface area contributed by atoms with Gasteiger partial charge in [0, 0.05) is 17.8 Å². The van der Waals surface area contributed by atoms with Gasteiger partial charge in [-0.05, 0) is 57.9 Å². The van der Waals surface area contributed by atoms with Crippen LogP contribution in [0.15, 0.2) is 18.2 Å². The van der Waals surface area contributed by atoms with E-state index >= 15 is 0 Å². The number of carbonyl (C=O) groups excluding carboxylic acids is 2. The van der Waals surface area contributed by atoms with Crippen LogP contribution in [0.25, 0.3) is 0 Å². The lowest BCUT2D eigenvalue weighted by molar-refractivity contribution is -0.136. The summed E-state index contributed by atoms with van der Waals surface area (Å²) in [4.78, 5) is 28.7. The fourth-order valence-corrected chi connectivity index (χ4v) is 5.40. The maximum Gasteiger partial charge on any atom is 0.238 e. The molecule has 0 radical (unpaired) electrons. The molecule has 2 atom stereocenters. The van der Waals surface area contributed by atoms with E-state index in [2.05, 4.69) is 5.32 Å². The second kappa shape index (κ2) is 9.71. The van der Waals surface area contributed by atoms with Crippen LogP contribution in [0.4, 0.5) is 5.69 Å². The van der Waals surface area contributed by atoms with Gasteiger partial charge in [0.05, 0.1) is 24.6 Å². The highest BCUT2D eigenvalue weighted by atomic mass is 32.2. The number of hydrogen-bond acceptors (Lipinski definition) is 5. The lowest BCUT2D eigenvalue weighted by Crippen LogP contribution is -2.50. The Hall–Kier alpha value is -1.93. The number of nitrogens with one attached hydrogen (secondary N) is 1. The van der Waals surface area contributed by atoms with Crippen molar-refractivity contribution in [3.05, 3.63) is 29.3 Å². The molecule has 1 fully saturated rings. The lowest BCUT2D eigenvalue weighted by Gasteiger charge is -2.35. The zero-order chi connectivity index (χ0) is 21.8. The molecule has 1 N–H and O–H groups in total. The highest BCUT2D eigenvalue weighted by molar-refractivity contribution is 7.91. The Morgan fingerprint density at radius 1 is 1.24 bits per heavy atom. The summed E-state index contributed by atoms with van der Waals surface area (Å²) in [7, 11) is -1.35. The zero-order valence-corrected chi connectivity index (χ0v) is 18.9. The summed E-state index contributed by atoms with van der Waals surface area (Å²) in [5, 5.41) is 2.90. The van der Waals surface area contributed by atoms with Crippen LogP contribution >= 0.6 is 0 Å². The van der Waals surface area contributed by atoms with Crippen LogP contribution in [0.5, 0.6) is 0 Å². The van der Waals surface area contributed by atoms with E-state index in [1.807, 2.05) is 45.9 Å². The minimum absolute atomic E-state index is 0.0277. The number of benzene rings is 1. The van der Waals surface area contributed by atoms with E-state index in [4.69, 9.17) is 0 Å². The molecule has 8 heteroatoms. The molecule has 0 unspecified atom stereocenters. The standard InChI is InChI=1S/C21H33N3O4S/c1-6-16(3)24(18-10-11-29(27,28)14-18)21(26)13-23(5)12-20(25)22-19-9-7-8-15(2)17(19)4/h7-9,16,18H,6,10-14H2,1-5H3,(H,22,25)/t16-,18-/m1/s1. The molecule has 1 heterocycles. The molecular weight excluding hydrogens is 390 g/mol. The summed E-state index contributed by atoms with van der Waals surface area (Å²) in [6.07, 6.45) is 1.23. The molecule has 0 aromatic heterocycles. The molecule has 1 aliphatic rings. The summed E-state index contributed by atoms with van der Waals surface area (Å²) in [5.41, 5.74) is 2.89. The van der Waals surface area contributed by atoms with Crippen LogP contribution in [-0.4, -0.2) is 73.8 Å². The highest BCUT2D eigenvalue weighted by Crippen LogP contribution is 2.22. The molecule has 1 saturated heterocycles. The summed E-state index contributed by atoms with van der Waals surface area (Å²) in [5.74, 6) is -0.165. The van der Waals surface area contributed by atoms with Crippen LogP contribution in [0.1, 0.15) is 37.8 Å². The Kier molecular flexibility index (Phi) is 7.82. The average Bonchev–Trinajstić information content (AvgIpc) is 2.98. The highest BCUT2D eigenvalue weighted by Gasteiger charge is 2.36. The molecule has 2 rings (SSSR count). The van der Waals surface area contributed by atoms with E-state index in [1.54, 1.807) is 16.8 Å². The molecule has 0 saturated carbocycles. The quantitative estimate of drug-likeness (QED) is 0.691. The zero-order valence-electron chi connectivity index (χ0n) is 18.1. The SMILES string of the molecule is CC[C@@H](C)N(C(=O)CN(C)CC(=O)Nc1cccc(C)c1C)[C@@H]1CCS(=O)(=O)C1. The summed E-state index contributed by atoms with van der Waals surface area (Å²) in [6.45, 7) is 8.02. The van der Waals surface area contributed by atoms with Crippen LogP contribution in [-0.2, 0) is 19.4 Å². The van der Waals surface area contributed by atoms with Gasteiger partial charge in [0.15, 0.2) is 9.84 Å². The van der Waals surface area contributed by atoms with E-state index in [0.29, 0.717) is 6.42 Å². The van der Waals surface area contributed by atoms with Crippen molar-refractivity contribution >= 4 is 27.3 Å². The summed E-state index contributed by atoms with van der Waals surface area (Å²) in [6, 6.07) is 5.42. The van der Waals surface area contributed by atoms with Gasteiger partial charge in [-0.1, -0.05) is 19.1 Å². The van der Waals surface area contributed by atoms with Crippen molar-refractivity contribution in [1.82, 2.24) is 9.80 Å². The fourth-order valence-electron chi connectivity index (χ4n) is 3.69. The minimum Gasteiger partial charge on any atom is -0.335 e. The topological polar surface area (TPSA) is 86.8 Å². The smallest absolute Gasteiger partial charge is 0.238 e. The Labute approximate surface area is 174 Å². The number of amides is 2. The first-order chi connectivity index (χ1) is 13.5. The number of likely N-dealkylation sites (N-methyl/N-ethyl adjacent to an activating group) is 1. The molecular formula is C21H33N3O4S. The average molecular weight is 424 g/mol. The van der Waals surface area contributed by atoms with E-state index in [-0.39, 0.29) is 48.5 Å². The van der Waals surface area contributed by atoms with Gasteiger partial charge in [-0.2, -0.15) is 0 Å². The van der Waals surface area contributed by atoms with Crippen molar-refractivity contribution in [3.63, 3.8) is 0 Å². The van der Waals surface area contributed by atoms with Gasteiger partial charge >= 0.3 is 0 Å². The van der Waals surface area contributed by atoms with Gasteiger partial charge in [0.25, 0.3) is 0 Å². The predicted molar refractivity (Wildman–Crippen MR) is 116 cm³/mol. The number of hydrogen-bond donors (Lipinski definition) is 1. The first-order valence-corrected chi connectivity index (χ1v) is 11.9. The Morgan fingerprint density at radius 3 is 2.52 bits per heavy atom. The van der Waals surface area contributed by atoms with Gasteiger partial charge in [-0.3, -0.25) is 14.5 Å². The van der Waals surface area contributed by atoms with E-state index in [0.717, 1.165) is 23.2 Å². The van der Waals surface area contributed by atoms with Crippen LogP contribution in [0.3, 0.4) is 0 Å². The molecule has 1 aromatic carbocycles. The van der Waals surface area contributed by atoms with E-state index in [9.17, 15) is 18.0 Å². The van der Waals surface area contributed by atoms with Crippen molar-refractivity contribution < 1.29 is 18.0 Å². The van der Waals surface area contributed by atoms with E-state index in [1.165, 1.54) is 0 Å². The monoisotopic (exact) mass is 423 g/mol. The van der Waals surface area contributed by atoms with Gasteiger partial charge in [-0.25, -0.2) is 8.42 Å². The number of sulfone groups is 1. The normalized spacial score (nSPS) is 19.2. The summed E-state index contributed by atoms with van der Waals surface area (Å²) < 4.78 is 23.7. The Balaban J connectivity index is 1.98. The largest absolute Gasteiger partial charge is 0.335 e. The van der Waals surface area contributed by atoms with Crippen molar-refractivity contribution in [3.8, 4) is 0 Å². The third-order valence-corrected chi connectivity index (χ3v) is 7.40. The Bertz CT molecular complexity index is 853. The lowest BCUT2D eigenvalue weighted by atomic mass is 10.1. The maximum absolute atomic E-state index is 12.9. The maximum atomic E-state index is 12.9. The van der Waals surface area contributed by atoms with Crippen LogP contribution in [0, 0.1) is 13.8 Å². The van der Waals surface area contributed by atoms with E-state index < -0.39 is 9.84 Å². The predicted octanol–water partition coefficient (Wildman–Crippen LogP) is 1.99. The first-order valence-electron chi connectivity index (χ1n) is 10.1. The minimum atomic E-state index is -3.08. The second-order valence-electron chi connectivity index (χ2n) is 8.08. The first kappa shape index (κ1) is 23.3. The molecule has 0 bridgehead atoms. The third-order valence-electron chi connectivity index (χ3n) is 5.65. The van der Waals surface area contributed by atoms with Gasteiger partial charge < -0.3 is 10.2 Å². The summed E-state index contributed by atoms with van der Waals surface area (Å²) >= 11 is 0. The van der Waals surface area contributed by atoms with Crippen LogP contribution in [0.2, 0.25) is 0 Å². The van der Waals surface area contributed by atoms with Crippen molar-refractivity contribution in [2.24, 2.45) is 0 Å². The fraction of sp³-hybridized carbons (Fsp3) is 0.619. The number of rotatable bonds is 8. The van der Waals surface area contributed by atoms with Gasteiger partial charge in [-0.15, -0.1) is 0 Å².